The van der Waals surface area contributed by atoms with Crippen molar-refractivity contribution in [2.45, 2.75) is 44.4 Å². The number of hydrogen-bond acceptors (Lipinski definition) is 3. The Morgan fingerprint density at radius 1 is 1.50 bits per heavy atom. The molecule has 1 saturated carbocycles. The number of carboxylic acid groups (broad SMARTS) is 1. The molecule has 4 nitrogen and oxygen atoms in total. The third-order valence-corrected chi connectivity index (χ3v) is 3.42. The minimum Gasteiger partial charge on any atom is -0.481 e. The van der Waals surface area contributed by atoms with E-state index >= 15 is 0 Å². The van der Waals surface area contributed by atoms with Gasteiger partial charge in [-0.1, -0.05) is 6.42 Å². The molecule has 20 heavy (non-hydrogen) atoms. The smallest absolute Gasteiger partial charge is 0.425 e. The first-order valence-corrected chi connectivity index (χ1v) is 6.25. The van der Waals surface area contributed by atoms with Crippen molar-refractivity contribution in [3.63, 3.8) is 0 Å². The highest BCUT2D eigenvalue weighted by Crippen LogP contribution is 2.41. The zero-order valence-electron chi connectivity index (χ0n) is 10.8. The standard InChI is InChI=1S/C13H14F3NO3/c1-7(13(14,15)16)20-11-5-10(12(18)19)17-6-9(11)8-3-2-4-8/h5-8H,2-4H2,1H3,(H,18,19)/t7-/m0/s1. The Balaban J connectivity index is 2.31. The number of aromatic carboxylic acids is 1. The van der Waals surface area contributed by atoms with Crippen molar-refractivity contribution < 1.29 is 27.8 Å². The van der Waals surface area contributed by atoms with Gasteiger partial charge >= 0.3 is 12.1 Å². The Kier molecular flexibility index (Phi) is 3.87. The van der Waals surface area contributed by atoms with E-state index in [-0.39, 0.29) is 17.4 Å². The van der Waals surface area contributed by atoms with Crippen molar-refractivity contribution >= 4 is 5.97 Å². The minimum absolute atomic E-state index is 0.0353. The molecule has 0 radical (unpaired) electrons. The van der Waals surface area contributed by atoms with Crippen LogP contribution in [0.5, 0.6) is 5.75 Å². The molecule has 0 aromatic carbocycles. The van der Waals surface area contributed by atoms with Crippen LogP contribution in [0.4, 0.5) is 13.2 Å². The van der Waals surface area contributed by atoms with E-state index in [1.807, 2.05) is 0 Å². The molecule has 110 valence electrons. The second-order valence-corrected chi connectivity index (χ2v) is 4.84. The van der Waals surface area contributed by atoms with Crippen molar-refractivity contribution in [2.75, 3.05) is 0 Å². The first kappa shape index (κ1) is 14.6. The Hall–Kier alpha value is -1.79. The van der Waals surface area contributed by atoms with Crippen LogP contribution in [-0.4, -0.2) is 28.3 Å². The normalized spacial score (nSPS) is 17.4. The fourth-order valence-corrected chi connectivity index (χ4v) is 1.95. The quantitative estimate of drug-likeness (QED) is 0.923. The van der Waals surface area contributed by atoms with Crippen LogP contribution < -0.4 is 4.74 Å². The molecule has 1 aromatic rings. The number of carbonyl (C=O) groups is 1. The predicted molar refractivity (Wildman–Crippen MR) is 63.9 cm³/mol. The summed E-state index contributed by atoms with van der Waals surface area (Å²) in [6.07, 6.45) is -2.48. The van der Waals surface area contributed by atoms with E-state index in [9.17, 15) is 18.0 Å². The molecule has 2 rings (SSSR count). The average molecular weight is 289 g/mol. The number of aromatic nitrogens is 1. The van der Waals surface area contributed by atoms with Gasteiger partial charge in [0.25, 0.3) is 0 Å². The number of nitrogens with zero attached hydrogens (tertiary/aromatic N) is 1. The SMILES string of the molecule is C[C@H](Oc1cc(C(=O)O)ncc1C1CCC1)C(F)(F)F. The molecule has 0 aliphatic heterocycles. The van der Waals surface area contributed by atoms with Crippen LogP contribution in [0.1, 0.15) is 48.2 Å². The molecule has 0 unspecified atom stereocenters. The molecule has 1 aliphatic rings. The van der Waals surface area contributed by atoms with E-state index < -0.39 is 18.2 Å². The minimum atomic E-state index is -4.50. The number of hydrogen-bond donors (Lipinski definition) is 1. The molecule has 1 heterocycles. The molecule has 1 aromatic heterocycles. The molecule has 1 aliphatic carbocycles. The number of alkyl halides is 3. The highest BCUT2D eigenvalue weighted by molar-refractivity contribution is 5.85. The van der Waals surface area contributed by atoms with E-state index in [0.29, 0.717) is 5.56 Å². The molecule has 1 atom stereocenters. The molecular formula is C13H14F3NO3. The number of halogens is 3. The molecular weight excluding hydrogens is 275 g/mol. The first-order chi connectivity index (χ1) is 9.29. The highest BCUT2D eigenvalue weighted by Gasteiger charge is 2.39. The van der Waals surface area contributed by atoms with Gasteiger partial charge in [-0.3, -0.25) is 0 Å². The van der Waals surface area contributed by atoms with Gasteiger partial charge in [-0.05, 0) is 25.7 Å². The molecule has 1 fully saturated rings. The van der Waals surface area contributed by atoms with Crippen molar-refractivity contribution in [1.82, 2.24) is 4.98 Å². The fourth-order valence-electron chi connectivity index (χ4n) is 1.95. The summed E-state index contributed by atoms with van der Waals surface area (Å²) in [6, 6.07) is 1.07. The van der Waals surface area contributed by atoms with Gasteiger partial charge in [0.05, 0.1) is 0 Å². The second kappa shape index (κ2) is 5.30. The predicted octanol–water partition coefficient (Wildman–Crippen LogP) is 3.38. The van der Waals surface area contributed by atoms with E-state index in [1.54, 1.807) is 0 Å². The second-order valence-electron chi connectivity index (χ2n) is 4.84. The summed E-state index contributed by atoms with van der Waals surface area (Å²) in [7, 11) is 0. The maximum Gasteiger partial charge on any atom is 0.425 e. The van der Waals surface area contributed by atoms with Crippen LogP contribution in [0.25, 0.3) is 0 Å². The topological polar surface area (TPSA) is 59.4 Å². The average Bonchev–Trinajstić information content (AvgIpc) is 2.27. The van der Waals surface area contributed by atoms with Crippen LogP contribution in [-0.2, 0) is 0 Å². The van der Waals surface area contributed by atoms with Crippen LogP contribution >= 0.6 is 0 Å². The lowest BCUT2D eigenvalue weighted by molar-refractivity contribution is -0.189. The highest BCUT2D eigenvalue weighted by atomic mass is 19.4. The number of carboxylic acids is 1. The van der Waals surface area contributed by atoms with Crippen molar-refractivity contribution in [2.24, 2.45) is 0 Å². The first-order valence-electron chi connectivity index (χ1n) is 6.25. The lowest BCUT2D eigenvalue weighted by atomic mass is 9.80. The Morgan fingerprint density at radius 2 is 2.15 bits per heavy atom. The van der Waals surface area contributed by atoms with Gasteiger partial charge in [0, 0.05) is 17.8 Å². The van der Waals surface area contributed by atoms with Crippen LogP contribution in [0.15, 0.2) is 12.3 Å². The molecule has 0 bridgehead atoms. The number of pyridine rings is 1. The Morgan fingerprint density at radius 3 is 2.60 bits per heavy atom. The van der Waals surface area contributed by atoms with Gasteiger partial charge in [-0.2, -0.15) is 13.2 Å². The maximum absolute atomic E-state index is 12.6. The summed E-state index contributed by atoms with van der Waals surface area (Å²) >= 11 is 0. The van der Waals surface area contributed by atoms with Gasteiger partial charge in [-0.15, -0.1) is 0 Å². The Bertz CT molecular complexity index is 512. The van der Waals surface area contributed by atoms with E-state index in [4.69, 9.17) is 9.84 Å². The summed E-state index contributed by atoms with van der Waals surface area (Å²) < 4.78 is 42.6. The fraction of sp³-hybridized carbons (Fsp3) is 0.538. The molecule has 1 N–H and O–H groups in total. The largest absolute Gasteiger partial charge is 0.481 e. The van der Waals surface area contributed by atoms with Crippen molar-refractivity contribution in [1.29, 1.82) is 0 Å². The van der Waals surface area contributed by atoms with Gasteiger partial charge in [0.2, 0.25) is 0 Å². The molecule has 0 amide bonds. The summed E-state index contributed by atoms with van der Waals surface area (Å²) in [5.74, 6) is -1.23. The third kappa shape index (κ3) is 3.02. The maximum atomic E-state index is 12.6. The van der Waals surface area contributed by atoms with Gasteiger partial charge in [0.15, 0.2) is 11.8 Å². The van der Waals surface area contributed by atoms with Crippen molar-refractivity contribution in [3.8, 4) is 5.75 Å². The van der Waals surface area contributed by atoms with Gasteiger partial charge < -0.3 is 9.84 Å². The van der Waals surface area contributed by atoms with Crippen LogP contribution in [0.3, 0.4) is 0 Å². The van der Waals surface area contributed by atoms with Gasteiger partial charge in [-0.25, -0.2) is 9.78 Å². The lowest BCUT2D eigenvalue weighted by Gasteiger charge is -2.28. The van der Waals surface area contributed by atoms with Crippen LogP contribution in [0, 0.1) is 0 Å². The van der Waals surface area contributed by atoms with E-state index in [1.165, 1.54) is 6.20 Å². The molecule has 0 saturated heterocycles. The monoisotopic (exact) mass is 289 g/mol. The summed E-state index contributed by atoms with van der Waals surface area (Å²) in [6.45, 7) is 0.894. The molecule has 0 spiro atoms. The molecule has 7 heteroatoms. The lowest BCUT2D eigenvalue weighted by Crippen LogP contribution is -2.32. The number of ether oxygens (including phenoxy) is 1. The number of rotatable bonds is 4. The summed E-state index contributed by atoms with van der Waals surface area (Å²) in [4.78, 5) is 14.6. The third-order valence-electron chi connectivity index (χ3n) is 3.42. The van der Waals surface area contributed by atoms with E-state index in [0.717, 1.165) is 32.3 Å². The summed E-state index contributed by atoms with van der Waals surface area (Å²) in [5.41, 5.74) is 0.231. The van der Waals surface area contributed by atoms with Crippen LogP contribution in [0.2, 0.25) is 0 Å². The Labute approximate surface area is 113 Å². The summed E-state index contributed by atoms with van der Waals surface area (Å²) in [5, 5.41) is 8.86. The van der Waals surface area contributed by atoms with E-state index in [2.05, 4.69) is 4.98 Å². The zero-order chi connectivity index (χ0) is 14.9. The van der Waals surface area contributed by atoms with Crippen molar-refractivity contribution in [3.05, 3.63) is 23.5 Å². The van der Waals surface area contributed by atoms with Gasteiger partial charge in [0.1, 0.15) is 5.75 Å². The zero-order valence-corrected chi connectivity index (χ0v) is 10.8.